The molecule has 0 N–H and O–H groups in total. The van der Waals surface area contributed by atoms with Crippen molar-refractivity contribution < 1.29 is 4.79 Å². The van der Waals surface area contributed by atoms with Gasteiger partial charge in [0, 0.05) is 31.9 Å². The van der Waals surface area contributed by atoms with Crippen molar-refractivity contribution in [1.29, 1.82) is 5.26 Å². The Morgan fingerprint density at radius 1 is 0.875 bits per heavy atom. The molecular weight excluding hydrogens is 302 g/mol. The van der Waals surface area contributed by atoms with E-state index < -0.39 is 0 Å². The Bertz CT molecular complexity index is 753. The zero-order valence-electron chi connectivity index (χ0n) is 13.2. The number of amides is 1. The largest absolute Gasteiger partial charge is 0.368 e. The third-order valence-electron chi connectivity index (χ3n) is 3.96. The highest BCUT2D eigenvalue weighted by Gasteiger charge is 2.15. The average Bonchev–Trinajstić information content (AvgIpc) is 2.67. The van der Waals surface area contributed by atoms with Crippen molar-refractivity contribution in [2.45, 2.75) is 0 Å². The van der Waals surface area contributed by atoms with Crippen LogP contribution >= 0.6 is 0 Å². The zero-order chi connectivity index (χ0) is 16.8. The summed E-state index contributed by atoms with van der Waals surface area (Å²) in [6.07, 6.45) is 0.907. The van der Waals surface area contributed by atoms with Crippen molar-refractivity contribution in [2.75, 3.05) is 31.1 Å². The molecule has 0 radical (unpaired) electrons. The lowest BCUT2D eigenvalue weighted by Gasteiger charge is -2.34. The quantitative estimate of drug-likeness (QED) is 0.641. The van der Waals surface area contributed by atoms with Gasteiger partial charge in [-0.2, -0.15) is 15.5 Å². The molecule has 2 aromatic rings. The molecule has 0 saturated carbocycles. The minimum Gasteiger partial charge on any atom is -0.368 e. The number of hydrogen-bond acceptors (Lipinski definition) is 5. The van der Waals surface area contributed by atoms with Crippen LogP contribution in [-0.2, 0) is 4.79 Å². The number of nitrogens with zero attached hydrogens (tertiary/aromatic N) is 5. The van der Waals surface area contributed by atoms with E-state index >= 15 is 0 Å². The summed E-state index contributed by atoms with van der Waals surface area (Å²) < 4.78 is 0. The maximum absolute atomic E-state index is 10.7. The Balaban J connectivity index is 1.63. The van der Waals surface area contributed by atoms with Crippen LogP contribution in [-0.4, -0.2) is 37.5 Å². The second kappa shape index (κ2) is 7.38. The lowest BCUT2D eigenvalue weighted by molar-refractivity contribution is -0.118. The molecule has 1 heterocycles. The van der Waals surface area contributed by atoms with E-state index in [1.165, 1.54) is 0 Å². The van der Waals surface area contributed by atoms with Crippen molar-refractivity contribution in [1.82, 2.24) is 4.90 Å². The van der Waals surface area contributed by atoms with Crippen molar-refractivity contribution in [3.63, 3.8) is 0 Å². The number of carbonyl (C=O) groups is 1. The Morgan fingerprint density at radius 2 is 1.42 bits per heavy atom. The molecule has 1 amide bonds. The predicted molar refractivity (Wildman–Crippen MR) is 91.6 cm³/mol. The van der Waals surface area contributed by atoms with Gasteiger partial charge in [-0.15, -0.1) is 0 Å². The van der Waals surface area contributed by atoms with Gasteiger partial charge in [0.25, 0.3) is 0 Å². The van der Waals surface area contributed by atoms with Gasteiger partial charge in [-0.1, -0.05) is 0 Å². The zero-order valence-corrected chi connectivity index (χ0v) is 13.2. The standard InChI is InChI=1S/C18H17N5O/c19-13-15-1-3-16(4-2-15)20-21-17-5-7-18(8-6-17)23-11-9-22(14-24)10-12-23/h1-8,14H,9-12H2. The molecule has 1 aliphatic heterocycles. The van der Waals surface area contributed by atoms with Gasteiger partial charge in [-0.3, -0.25) is 4.79 Å². The molecule has 0 aromatic heterocycles. The number of rotatable bonds is 4. The molecule has 1 fully saturated rings. The van der Waals surface area contributed by atoms with Crippen LogP contribution in [0.5, 0.6) is 0 Å². The Morgan fingerprint density at radius 3 is 1.92 bits per heavy atom. The van der Waals surface area contributed by atoms with E-state index in [1.807, 2.05) is 24.3 Å². The van der Waals surface area contributed by atoms with Crippen LogP contribution in [0.25, 0.3) is 0 Å². The summed E-state index contributed by atoms with van der Waals surface area (Å²) in [4.78, 5) is 14.8. The lowest BCUT2D eigenvalue weighted by atomic mass is 10.2. The molecule has 6 nitrogen and oxygen atoms in total. The van der Waals surface area contributed by atoms with Gasteiger partial charge < -0.3 is 9.80 Å². The van der Waals surface area contributed by atoms with Crippen LogP contribution in [0.4, 0.5) is 17.1 Å². The molecule has 24 heavy (non-hydrogen) atoms. The minimum absolute atomic E-state index is 0.605. The maximum atomic E-state index is 10.7. The fraction of sp³-hybridized carbons (Fsp3) is 0.222. The molecule has 2 aromatic carbocycles. The second-order valence-corrected chi connectivity index (χ2v) is 5.50. The number of hydrogen-bond donors (Lipinski definition) is 0. The first-order valence-electron chi connectivity index (χ1n) is 7.75. The van der Waals surface area contributed by atoms with Gasteiger partial charge in [-0.25, -0.2) is 0 Å². The Kier molecular flexibility index (Phi) is 4.82. The fourth-order valence-corrected chi connectivity index (χ4v) is 2.53. The first-order chi connectivity index (χ1) is 11.8. The van der Waals surface area contributed by atoms with E-state index in [4.69, 9.17) is 5.26 Å². The first kappa shape index (κ1) is 15.7. The van der Waals surface area contributed by atoms with Crippen LogP contribution in [0.3, 0.4) is 0 Å². The summed E-state index contributed by atoms with van der Waals surface area (Å²) in [6.45, 7) is 3.18. The SMILES string of the molecule is N#Cc1ccc(N=Nc2ccc(N3CCN(C=O)CC3)cc2)cc1. The van der Waals surface area contributed by atoms with Gasteiger partial charge in [0.1, 0.15) is 0 Å². The molecule has 6 heteroatoms. The summed E-state index contributed by atoms with van der Waals surface area (Å²) in [5.74, 6) is 0. The van der Waals surface area contributed by atoms with Crippen molar-refractivity contribution in [3.8, 4) is 6.07 Å². The van der Waals surface area contributed by atoms with Gasteiger partial charge in [0.2, 0.25) is 6.41 Å². The molecule has 1 aliphatic rings. The molecule has 0 bridgehead atoms. The smallest absolute Gasteiger partial charge is 0.209 e. The third kappa shape index (κ3) is 3.76. The molecule has 0 atom stereocenters. The first-order valence-corrected chi connectivity index (χ1v) is 7.75. The topological polar surface area (TPSA) is 72.1 Å². The number of nitriles is 1. The van der Waals surface area contributed by atoms with Gasteiger partial charge in [0.15, 0.2) is 0 Å². The molecule has 0 spiro atoms. The van der Waals surface area contributed by atoms with Crippen molar-refractivity contribution >= 4 is 23.5 Å². The van der Waals surface area contributed by atoms with E-state index in [1.54, 1.807) is 29.2 Å². The minimum atomic E-state index is 0.605. The Labute approximate surface area is 140 Å². The van der Waals surface area contributed by atoms with E-state index in [-0.39, 0.29) is 0 Å². The summed E-state index contributed by atoms with van der Waals surface area (Å²) in [6, 6.07) is 16.9. The highest BCUT2D eigenvalue weighted by molar-refractivity contribution is 5.54. The third-order valence-corrected chi connectivity index (χ3v) is 3.96. The van der Waals surface area contributed by atoms with E-state index in [0.29, 0.717) is 11.3 Å². The monoisotopic (exact) mass is 319 g/mol. The average molecular weight is 319 g/mol. The summed E-state index contributed by atoms with van der Waals surface area (Å²) in [5.41, 5.74) is 3.21. The van der Waals surface area contributed by atoms with Crippen LogP contribution in [0.1, 0.15) is 5.56 Å². The van der Waals surface area contributed by atoms with Crippen LogP contribution in [0.2, 0.25) is 0 Å². The summed E-state index contributed by atoms with van der Waals surface area (Å²) in [5, 5.41) is 17.2. The number of benzene rings is 2. The highest BCUT2D eigenvalue weighted by atomic mass is 16.1. The van der Waals surface area contributed by atoms with Crippen molar-refractivity contribution in [2.24, 2.45) is 10.2 Å². The summed E-state index contributed by atoms with van der Waals surface area (Å²) >= 11 is 0. The fourth-order valence-electron chi connectivity index (χ4n) is 2.53. The molecule has 3 rings (SSSR count). The Hall–Kier alpha value is -3.20. The number of piperazine rings is 1. The van der Waals surface area contributed by atoms with E-state index in [9.17, 15) is 4.79 Å². The molecule has 0 aliphatic carbocycles. The van der Waals surface area contributed by atoms with E-state index in [0.717, 1.165) is 44.0 Å². The van der Waals surface area contributed by atoms with Crippen molar-refractivity contribution in [3.05, 3.63) is 54.1 Å². The van der Waals surface area contributed by atoms with Gasteiger partial charge >= 0.3 is 0 Å². The molecule has 120 valence electrons. The van der Waals surface area contributed by atoms with Crippen LogP contribution in [0, 0.1) is 11.3 Å². The highest BCUT2D eigenvalue weighted by Crippen LogP contribution is 2.23. The van der Waals surface area contributed by atoms with Crippen LogP contribution < -0.4 is 4.90 Å². The van der Waals surface area contributed by atoms with E-state index in [2.05, 4.69) is 21.2 Å². The van der Waals surface area contributed by atoms with Crippen LogP contribution in [0.15, 0.2) is 58.8 Å². The molecule has 1 saturated heterocycles. The number of anilines is 1. The lowest BCUT2D eigenvalue weighted by Crippen LogP contribution is -2.45. The van der Waals surface area contributed by atoms with Gasteiger partial charge in [0.05, 0.1) is 23.0 Å². The maximum Gasteiger partial charge on any atom is 0.209 e. The normalized spacial score (nSPS) is 14.6. The summed E-state index contributed by atoms with van der Waals surface area (Å²) in [7, 11) is 0. The molecule has 0 unspecified atom stereocenters. The second-order valence-electron chi connectivity index (χ2n) is 5.50. The van der Waals surface area contributed by atoms with Gasteiger partial charge in [-0.05, 0) is 48.5 Å². The molecular formula is C18H17N5O. The predicted octanol–water partition coefficient (Wildman–Crippen LogP) is 3.25. The number of azo groups is 1. The number of carbonyl (C=O) groups excluding carboxylic acids is 1.